The summed E-state index contributed by atoms with van der Waals surface area (Å²) in [7, 11) is 0. The summed E-state index contributed by atoms with van der Waals surface area (Å²) in [5.74, 6) is 0. The molecule has 0 unspecified atom stereocenters. The predicted octanol–water partition coefficient (Wildman–Crippen LogP) is 2.77. The molecule has 1 aromatic heterocycles. The summed E-state index contributed by atoms with van der Waals surface area (Å²) in [6.45, 7) is 11.4. The largest absolute Gasteiger partial charge is 0.382 e. The molecule has 0 atom stereocenters. The molecule has 0 saturated carbocycles. The molecule has 0 bridgehead atoms. The maximum absolute atomic E-state index is 9.25. The Morgan fingerprint density at radius 1 is 1.40 bits per heavy atom. The lowest BCUT2D eigenvalue weighted by Gasteiger charge is -2.19. The van der Waals surface area contributed by atoms with Crippen LogP contribution in [0.1, 0.15) is 50.9 Å². The molecule has 1 N–H and O–H groups in total. The van der Waals surface area contributed by atoms with Crippen LogP contribution in [0.5, 0.6) is 0 Å². The molecule has 4 nitrogen and oxygen atoms in total. The fraction of sp³-hybridized carbons (Fsp3) is 0.625. The Labute approximate surface area is 122 Å². The van der Waals surface area contributed by atoms with Crippen molar-refractivity contribution in [3.63, 3.8) is 0 Å². The molecule has 0 fully saturated rings. The van der Waals surface area contributed by atoms with E-state index in [0.29, 0.717) is 5.56 Å². The number of hydrogen-bond acceptors (Lipinski definition) is 4. The monoisotopic (exact) mass is 275 g/mol. The molecule has 4 heteroatoms. The average Bonchev–Trinajstić information content (AvgIpc) is 2.41. The Hall–Kier alpha value is -1.44. The Bertz CT molecular complexity index is 458. The van der Waals surface area contributed by atoms with E-state index >= 15 is 0 Å². The van der Waals surface area contributed by atoms with Crippen LogP contribution in [0.4, 0.5) is 0 Å². The standard InChI is InChI=1S/C16H25N3O/c1-5-20-8-6-7-18-11-13-9-14(10-17)15(19-12-13)16(2,3)4/h9,12,18H,5-8,11H2,1-4H3. The molecule has 110 valence electrons. The molecule has 1 aromatic rings. The lowest BCUT2D eigenvalue weighted by molar-refractivity contribution is 0.144. The van der Waals surface area contributed by atoms with Crippen molar-refractivity contribution in [2.45, 2.75) is 46.1 Å². The number of nitrogens with zero attached hydrogens (tertiary/aromatic N) is 2. The van der Waals surface area contributed by atoms with Gasteiger partial charge in [-0.25, -0.2) is 0 Å². The van der Waals surface area contributed by atoms with E-state index in [1.54, 1.807) is 0 Å². The number of rotatable bonds is 7. The van der Waals surface area contributed by atoms with Crippen molar-refractivity contribution >= 4 is 0 Å². The van der Waals surface area contributed by atoms with Crippen molar-refractivity contribution in [2.75, 3.05) is 19.8 Å². The van der Waals surface area contributed by atoms with Crippen LogP contribution in [0.15, 0.2) is 12.3 Å². The van der Waals surface area contributed by atoms with Gasteiger partial charge in [-0.15, -0.1) is 0 Å². The maximum Gasteiger partial charge on any atom is 0.101 e. The molecule has 0 spiro atoms. The molecule has 0 aliphatic heterocycles. The number of aromatic nitrogens is 1. The predicted molar refractivity (Wildman–Crippen MR) is 80.5 cm³/mol. The Morgan fingerprint density at radius 2 is 2.15 bits per heavy atom. The highest BCUT2D eigenvalue weighted by Crippen LogP contribution is 2.23. The van der Waals surface area contributed by atoms with E-state index in [0.717, 1.165) is 44.0 Å². The average molecular weight is 275 g/mol. The van der Waals surface area contributed by atoms with Gasteiger partial charge in [-0.1, -0.05) is 20.8 Å². The van der Waals surface area contributed by atoms with Crippen LogP contribution in [0.2, 0.25) is 0 Å². The maximum atomic E-state index is 9.25. The van der Waals surface area contributed by atoms with Gasteiger partial charge < -0.3 is 10.1 Å². The second-order valence-electron chi connectivity index (χ2n) is 5.83. The Morgan fingerprint density at radius 3 is 2.75 bits per heavy atom. The highest BCUT2D eigenvalue weighted by atomic mass is 16.5. The minimum atomic E-state index is -0.103. The van der Waals surface area contributed by atoms with Crippen LogP contribution >= 0.6 is 0 Å². The van der Waals surface area contributed by atoms with Gasteiger partial charge in [0.25, 0.3) is 0 Å². The summed E-state index contributed by atoms with van der Waals surface area (Å²) in [6, 6.07) is 4.18. The number of ether oxygens (including phenoxy) is 1. The molecule has 1 rings (SSSR count). The Kier molecular flexibility index (Phi) is 6.63. The van der Waals surface area contributed by atoms with Gasteiger partial charge in [-0.2, -0.15) is 5.26 Å². The lowest BCUT2D eigenvalue weighted by atomic mass is 9.88. The topological polar surface area (TPSA) is 57.9 Å². The SMILES string of the molecule is CCOCCCNCc1cnc(C(C)(C)C)c(C#N)c1. The second kappa shape index (κ2) is 7.98. The summed E-state index contributed by atoms with van der Waals surface area (Å²) < 4.78 is 5.28. The fourth-order valence-corrected chi connectivity index (χ4v) is 1.96. The summed E-state index contributed by atoms with van der Waals surface area (Å²) in [6.07, 6.45) is 2.85. The minimum Gasteiger partial charge on any atom is -0.382 e. The first kappa shape index (κ1) is 16.6. The number of nitrogens with one attached hydrogen (secondary N) is 1. The molecule has 0 aliphatic rings. The second-order valence-corrected chi connectivity index (χ2v) is 5.83. The van der Waals surface area contributed by atoms with E-state index in [9.17, 15) is 5.26 Å². The molecule has 0 amide bonds. The van der Waals surface area contributed by atoms with E-state index in [1.807, 2.05) is 19.2 Å². The first-order valence-electron chi connectivity index (χ1n) is 7.17. The van der Waals surface area contributed by atoms with Crippen LogP contribution in [0.25, 0.3) is 0 Å². The smallest absolute Gasteiger partial charge is 0.101 e. The van der Waals surface area contributed by atoms with Crippen molar-refractivity contribution in [3.05, 3.63) is 29.1 Å². The molecule has 1 heterocycles. The van der Waals surface area contributed by atoms with Crippen LogP contribution in [0, 0.1) is 11.3 Å². The molecular weight excluding hydrogens is 250 g/mol. The summed E-state index contributed by atoms with van der Waals surface area (Å²) in [5, 5.41) is 12.6. The molecule has 0 aliphatic carbocycles. The summed E-state index contributed by atoms with van der Waals surface area (Å²) in [4.78, 5) is 4.46. The zero-order valence-electron chi connectivity index (χ0n) is 13.0. The van der Waals surface area contributed by atoms with E-state index in [4.69, 9.17) is 4.74 Å². The van der Waals surface area contributed by atoms with Crippen LogP contribution in [0.3, 0.4) is 0 Å². The van der Waals surface area contributed by atoms with E-state index in [1.165, 1.54) is 0 Å². The zero-order valence-corrected chi connectivity index (χ0v) is 13.0. The molecule has 0 saturated heterocycles. The van der Waals surface area contributed by atoms with E-state index in [-0.39, 0.29) is 5.41 Å². The highest BCUT2D eigenvalue weighted by molar-refractivity contribution is 5.39. The number of hydrogen-bond donors (Lipinski definition) is 1. The van der Waals surface area contributed by atoms with E-state index < -0.39 is 0 Å². The van der Waals surface area contributed by atoms with Gasteiger partial charge in [0, 0.05) is 31.4 Å². The van der Waals surface area contributed by atoms with E-state index in [2.05, 4.69) is 37.1 Å². The first-order chi connectivity index (χ1) is 9.49. The third-order valence-electron chi connectivity index (χ3n) is 2.95. The quantitative estimate of drug-likeness (QED) is 0.777. The first-order valence-corrected chi connectivity index (χ1v) is 7.17. The molecule has 20 heavy (non-hydrogen) atoms. The zero-order chi connectivity index (χ0) is 15.0. The normalized spacial score (nSPS) is 11.3. The number of nitriles is 1. The van der Waals surface area contributed by atoms with Gasteiger partial charge in [0.2, 0.25) is 0 Å². The van der Waals surface area contributed by atoms with Gasteiger partial charge in [-0.3, -0.25) is 4.98 Å². The summed E-state index contributed by atoms with van der Waals surface area (Å²) >= 11 is 0. The van der Waals surface area contributed by atoms with Gasteiger partial charge in [0.05, 0.1) is 11.3 Å². The lowest BCUT2D eigenvalue weighted by Crippen LogP contribution is -2.19. The van der Waals surface area contributed by atoms with Crippen molar-refractivity contribution in [1.82, 2.24) is 10.3 Å². The summed E-state index contributed by atoms with van der Waals surface area (Å²) in [5.41, 5.74) is 2.48. The Balaban J connectivity index is 2.55. The van der Waals surface area contributed by atoms with Gasteiger partial charge in [-0.05, 0) is 31.5 Å². The minimum absolute atomic E-state index is 0.103. The highest BCUT2D eigenvalue weighted by Gasteiger charge is 2.19. The third-order valence-corrected chi connectivity index (χ3v) is 2.95. The van der Waals surface area contributed by atoms with Crippen LogP contribution < -0.4 is 5.32 Å². The van der Waals surface area contributed by atoms with Gasteiger partial charge in [0.1, 0.15) is 6.07 Å². The fourth-order valence-electron chi connectivity index (χ4n) is 1.96. The van der Waals surface area contributed by atoms with Crippen molar-refractivity contribution in [3.8, 4) is 6.07 Å². The third kappa shape index (κ3) is 5.28. The van der Waals surface area contributed by atoms with Crippen LogP contribution in [-0.4, -0.2) is 24.7 Å². The van der Waals surface area contributed by atoms with Crippen molar-refractivity contribution in [1.29, 1.82) is 5.26 Å². The van der Waals surface area contributed by atoms with Crippen LogP contribution in [-0.2, 0) is 16.7 Å². The van der Waals surface area contributed by atoms with Crippen molar-refractivity contribution in [2.24, 2.45) is 0 Å². The van der Waals surface area contributed by atoms with Crippen molar-refractivity contribution < 1.29 is 4.74 Å². The molecule has 0 aromatic carbocycles. The number of pyridine rings is 1. The van der Waals surface area contributed by atoms with Gasteiger partial charge in [0.15, 0.2) is 0 Å². The molecule has 0 radical (unpaired) electrons. The van der Waals surface area contributed by atoms with Gasteiger partial charge >= 0.3 is 0 Å². The molecular formula is C16H25N3O.